The maximum absolute atomic E-state index is 3.95. The van der Waals surface area contributed by atoms with Crippen LogP contribution in [0.4, 0.5) is 0 Å². The summed E-state index contributed by atoms with van der Waals surface area (Å²) in [4.78, 5) is 0. The van der Waals surface area contributed by atoms with E-state index in [2.05, 4.69) is 20.8 Å². The lowest BCUT2D eigenvalue weighted by molar-refractivity contribution is 0.482. The summed E-state index contributed by atoms with van der Waals surface area (Å²) in [6, 6.07) is 0. The molecule has 1 unspecified atom stereocenters. The van der Waals surface area contributed by atoms with E-state index in [1.54, 1.807) is 0 Å². The number of rotatable bonds is 12. The molecule has 0 amide bonds. The van der Waals surface area contributed by atoms with Crippen molar-refractivity contribution in [2.75, 3.05) is 0 Å². The standard InChI is InChI=1S/C16H32/c1-4-6-7-8-9-10-11-12-13-14-15-16(3)5-2/h16H,1-2,4-15H2,3H3. The fourth-order valence-electron chi connectivity index (χ4n) is 2.05. The molecular formula is C16H32. The maximum atomic E-state index is 3.95. The Bertz CT molecular complexity index is 117. The molecule has 0 heterocycles. The molecule has 0 saturated carbocycles. The minimum Gasteiger partial charge on any atom is -0.0625 e. The number of hydrogen-bond acceptors (Lipinski definition) is 0. The van der Waals surface area contributed by atoms with E-state index >= 15 is 0 Å². The predicted octanol–water partition coefficient (Wildman–Crippen LogP) is 5.97. The SMILES string of the molecule is [CH2]CCCCCCCCCCCC(C)C[CH2]. The Morgan fingerprint density at radius 1 is 0.688 bits per heavy atom. The quantitative estimate of drug-likeness (QED) is 0.358. The molecule has 0 aliphatic carbocycles. The van der Waals surface area contributed by atoms with Crippen molar-refractivity contribution in [2.24, 2.45) is 5.92 Å². The summed E-state index contributed by atoms with van der Waals surface area (Å²) in [7, 11) is 0. The zero-order chi connectivity index (χ0) is 12.1. The summed E-state index contributed by atoms with van der Waals surface area (Å²) in [6.45, 7) is 10.1. The molecule has 0 aromatic carbocycles. The van der Waals surface area contributed by atoms with Crippen LogP contribution in [0.2, 0.25) is 0 Å². The van der Waals surface area contributed by atoms with Gasteiger partial charge >= 0.3 is 0 Å². The topological polar surface area (TPSA) is 0 Å². The van der Waals surface area contributed by atoms with E-state index in [0.717, 1.165) is 18.8 Å². The van der Waals surface area contributed by atoms with Crippen molar-refractivity contribution in [3.05, 3.63) is 13.8 Å². The third-order valence-corrected chi connectivity index (χ3v) is 3.44. The summed E-state index contributed by atoms with van der Waals surface area (Å²) in [5.74, 6) is 0.836. The minimum absolute atomic E-state index is 0.836. The molecule has 96 valence electrons. The van der Waals surface area contributed by atoms with E-state index in [1.807, 2.05) is 0 Å². The molecule has 0 nitrogen and oxygen atoms in total. The van der Waals surface area contributed by atoms with Crippen LogP contribution in [0.3, 0.4) is 0 Å². The molecule has 0 fully saturated rings. The lowest BCUT2D eigenvalue weighted by Crippen LogP contribution is -1.91. The highest BCUT2D eigenvalue weighted by atomic mass is 14.0. The molecule has 0 aliphatic rings. The van der Waals surface area contributed by atoms with E-state index in [-0.39, 0.29) is 0 Å². The number of unbranched alkanes of at least 4 members (excludes halogenated alkanes) is 9. The average Bonchev–Trinajstić information content (AvgIpc) is 2.31. The van der Waals surface area contributed by atoms with Crippen molar-refractivity contribution < 1.29 is 0 Å². The second-order valence-corrected chi connectivity index (χ2v) is 5.22. The van der Waals surface area contributed by atoms with E-state index < -0.39 is 0 Å². The molecule has 1 atom stereocenters. The molecule has 0 spiro atoms. The Balaban J connectivity index is 2.93. The van der Waals surface area contributed by atoms with Crippen LogP contribution in [0.25, 0.3) is 0 Å². The first kappa shape index (κ1) is 16.0. The highest BCUT2D eigenvalue weighted by molar-refractivity contribution is 4.55. The van der Waals surface area contributed by atoms with Crippen molar-refractivity contribution in [3.8, 4) is 0 Å². The summed E-state index contributed by atoms with van der Waals surface area (Å²) in [5.41, 5.74) is 0. The van der Waals surface area contributed by atoms with Crippen LogP contribution in [0.15, 0.2) is 0 Å². The second kappa shape index (κ2) is 13.1. The Morgan fingerprint density at radius 3 is 1.56 bits per heavy atom. The smallest absolute Gasteiger partial charge is 0.0443 e. The summed E-state index contributed by atoms with van der Waals surface area (Å²) >= 11 is 0. The molecule has 0 bridgehead atoms. The Morgan fingerprint density at radius 2 is 1.12 bits per heavy atom. The first-order chi connectivity index (χ1) is 7.81. The molecule has 16 heavy (non-hydrogen) atoms. The van der Waals surface area contributed by atoms with Gasteiger partial charge in [-0.25, -0.2) is 0 Å². The van der Waals surface area contributed by atoms with Crippen LogP contribution >= 0.6 is 0 Å². The Kier molecular flexibility index (Phi) is 13.1. The molecule has 0 aromatic heterocycles. The maximum Gasteiger partial charge on any atom is -0.0443 e. The summed E-state index contributed by atoms with van der Waals surface area (Å²) in [5, 5.41) is 0. The van der Waals surface area contributed by atoms with Crippen molar-refractivity contribution in [1.82, 2.24) is 0 Å². The van der Waals surface area contributed by atoms with Crippen molar-refractivity contribution in [3.63, 3.8) is 0 Å². The predicted molar refractivity (Wildman–Crippen MR) is 75.3 cm³/mol. The van der Waals surface area contributed by atoms with Gasteiger partial charge in [0.25, 0.3) is 0 Å². The van der Waals surface area contributed by atoms with Gasteiger partial charge in [-0.1, -0.05) is 97.8 Å². The molecule has 0 aliphatic heterocycles. The average molecular weight is 224 g/mol. The normalized spacial score (nSPS) is 12.9. The Hall–Kier alpha value is 0. The van der Waals surface area contributed by atoms with Gasteiger partial charge in [0.2, 0.25) is 0 Å². The van der Waals surface area contributed by atoms with Gasteiger partial charge in [0.05, 0.1) is 0 Å². The largest absolute Gasteiger partial charge is 0.0625 e. The van der Waals surface area contributed by atoms with Gasteiger partial charge in [-0.2, -0.15) is 0 Å². The van der Waals surface area contributed by atoms with Crippen LogP contribution in [0, 0.1) is 19.8 Å². The molecule has 0 saturated heterocycles. The third-order valence-electron chi connectivity index (χ3n) is 3.44. The highest BCUT2D eigenvalue weighted by Gasteiger charge is 1.98. The van der Waals surface area contributed by atoms with Gasteiger partial charge in [-0.3, -0.25) is 0 Å². The fourth-order valence-corrected chi connectivity index (χ4v) is 2.05. The Labute approximate surface area is 104 Å². The summed E-state index contributed by atoms with van der Waals surface area (Å²) < 4.78 is 0. The summed E-state index contributed by atoms with van der Waals surface area (Å²) in [6.07, 6.45) is 16.4. The van der Waals surface area contributed by atoms with Crippen molar-refractivity contribution in [2.45, 2.75) is 84.0 Å². The van der Waals surface area contributed by atoms with Gasteiger partial charge in [0.1, 0.15) is 0 Å². The lowest BCUT2D eigenvalue weighted by Gasteiger charge is -2.07. The van der Waals surface area contributed by atoms with E-state index in [9.17, 15) is 0 Å². The first-order valence-electron chi connectivity index (χ1n) is 7.39. The zero-order valence-electron chi connectivity index (χ0n) is 11.5. The van der Waals surface area contributed by atoms with Crippen LogP contribution in [-0.2, 0) is 0 Å². The van der Waals surface area contributed by atoms with Crippen LogP contribution in [0.1, 0.15) is 84.0 Å². The molecule has 0 aromatic rings. The van der Waals surface area contributed by atoms with Crippen LogP contribution in [0.5, 0.6) is 0 Å². The fraction of sp³-hybridized carbons (Fsp3) is 0.875. The molecule has 0 heteroatoms. The van der Waals surface area contributed by atoms with Crippen LogP contribution < -0.4 is 0 Å². The van der Waals surface area contributed by atoms with E-state index in [1.165, 1.54) is 64.2 Å². The zero-order valence-corrected chi connectivity index (χ0v) is 11.5. The second-order valence-electron chi connectivity index (χ2n) is 5.22. The third kappa shape index (κ3) is 12.1. The van der Waals surface area contributed by atoms with Gasteiger partial charge in [0.15, 0.2) is 0 Å². The van der Waals surface area contributed by atoms with Crippen molar-refractivity contribution in [1.29, 1.82) is 0 Å². The van der Waals surface area contributed by atoms with E-state index in [0.29, 0.717) is 0 Å². The van der Waals surface area contributed by atoms with Gasteiger partial charge in [-0.05, 0) is 5.92 Å². The molecule has 2 radical (unpaired) electrons. The molecule has 0 rings (SSSR count). The van der Waals surface area contributed by atoms with Gasteiger partial charge in [-0.15, -0.1) is 0 Å². The highest BCUT2D eigenvalue weighted by Crippen LogP contribution is 2.14. The monoisotopic (exact) mass is 224 g/mol. The van der Waals surface area contributed by atoms with E-state index in [4.69, 9.17) is 0 Å². The van der Waals surface area contributed by atoms with Gasteiger partial charge in [0, 0.05) is 0 Å². The van der Waals surface area contributed by atoms with Gasteiger partial charge < -0.3 is 0 Å². The first-order valence-corrected chi connectivity index (χ1v) is 7.39. The molecular weight excluding hydrogens is 192 g/mol. The minimum atomic E-state index is 0.836. The lowest BCUT2D eigenvalue weighted by atomic mass is 9.99. The number of hydrogen-bond donors (Lipinski definition) is 0. The molecule has 0 N–H and O–H groups in total. The van der Waals surface area contributed by atoms with Crippen molar-refractivity contribution >= 4 is 0 Å². The van der Waals surface area contributed by atoms with Crippen LogP contribution in [-0.4, -0.2) is 0 Å².